The third kappa shape index (κ3) is 4.89. The van der Waals surface area contributed by atoms with Crippen molar-refractivity contribution in [2.45, 2.75) is 31.5 Å². The number of pyridine rings is 1. The molecule has 1 aliphatic heterocycles. The van der Waals surface area contributed by atoms with E-state index in [2.05, 4.69) is 20.3 Å². The Balaban J connectivity index is 1.30. The van der Waals surface area contributed by atoms with Crippen molar-refractivity contribution < 1.29 is 9.90 Å². The summed E-state index contributed by atoms with van der Waals surface area (Å²) in [5.41, 5.74) is 1.10. The van der Waals surface area contributed by atoms with E-state index in [4.69, 9.17) is 0 Å². The molecule has 1 saturated heterocycles. The van der Waals surface area contributed by atoms with Gasteiger partial charge in [-0.1, -0.05) is 6.07 Å². The van der Waals surface area contributed by atoms with Crippen molar-refractivity contribution in [3.63, 3.8) is 0 Å². The third-order valence-electron chi connectivity index (χ3n) is 5.97. The van der Waals surface area contributed by atoms with Gasteiger partial charge in [0.1, 0.15) is 5.82 Å². The summed E-state index contributed by atoms with van der Waals surface area (Å²) in [7, 11) is 1.96. The summed E-state index contributed by atoms with van der Waals surface area (Å²) in [5.74, 6) is 1.59. The van der Waals surface area contributed by atoms with E-state index in [0.717, 1.165) is 25.1 Å². The molecule has 1 amide bonds. The van der Waals surface area contributed by atoms with E-state index >= 15 is 0 Å². The lowest BCUT2D eigenvalue weighted by atomic mass is 9.77. The summed E-state index contributed by atoms with van der Waals surface area (Å²) in [4.78, 5) is 29.2. The zero-order valence-electron chi connectivity index (χ0n) is 16.7. The fourth-order valence-electron chi connectivity index (χ4n) is 4.54. The molecule has 4 atom stereocenters. The number of carbonyl (C=O) groups is 1. The van der Waals surface area contributed by atoms with Gasteiger partial charge < -0.3 is 15.3 Å². The molecule has 2 aromatic rings. The average Bonchev–Trinajstić information content (AvgIpc) is 3.12. The second-order valence-electron chi connectivity index (χ2n) is 8.23. The van der Waals surface area contributed by atoms with Gasteiger partial charge in [0.15, 0.2) is 0 Å². The number of hydrogen-bond acceptors (Lipinski definition) is 7. The fraction of sp³-hybridized carbons (Fsp3) is 0.524. The number of anilines is 1. The minimum atomic E-state index is -0.443. The van der Waals surface area contributed by atoms with Gasteiger partial charge in [0, 0.05) is 44.4 Å². The number of hydrogen-bond donors (Lipinski definition) is 2. The number of likely N-dealkylation sites (tertiary alicyclic amines) is 1. The molecule has 8 nitrogen and oxygen atoms in total. The molecule has 2 aromatic heterocycles. The number of likely N-dealkylation sites (N-methyl/N-ethyl adjacent to an activating group) is 1. The highest BCUT2D eigenvalue weighted by Crippen LogP contribution is 2.37. The van der Waals surface area contributed by atoms with Crippen LogP contribution in [0.3, 0.4) is 0 Å². The van der Waals surface area contributed by atoms with Crippen LogP contribution in [-0.2, 0) is 11.3 Å². The summed E-state index contributed by atoms with van der Waals surface area (Å²) in [6, 6.07) is 3.87. The Bertz CT molecular complexity index is 805. The fourth-order valence-corrected chi connectivity index (χ4v) is 4.54. The van der Waals surface area contributed by atoms with E-state index < -0.39 is 6.10 Å². The Hall–Kier alpha value is -2.58. The lowest BCUT2D eigenvalue weighted by Crippen LogP contribution is -2.43. The van der Waals surface area contributed by atoms with Crippen LogP contribution in [0.1, 0.15) is 18.4 Å². The quantitative estimate of drug-likeness (QED) is 0.753. The lowest BCUT2D eigenvalue weighted by molar-refractivity contribution is -0.131. The number of aliphatic hydroxyl groups is 1. The Morgan fingerprint density at radius 2 is 2.00 bits per heavy atom. The molecule has 2 aliphatic rings. The molecule has 1 saturated carbocycles. The first-order valence-electron chi connectivity index (χ1n) is 10.1. The lowest BCUT2D eigenvalue weighted by Gasteiger charge is -2.35. The second kappa shape index (κ2) is 8.84. The van der Waals surface area contributed by atoms with Crippen molar-refractivity contribution in [1.82, 2.24) is 24.8 Å². The van der Waals surface area contributed by atoms with Gasteiger partial charge in [-0.25, -0.2) is 4.98 Å². The van der Waals surface area contributed by atoms with Crippen LogP contribution in [0.25, 0.3) is 0 Å². The Kier molecular flexibility index (Phi) is 6.01. The molecule has 2 fully saturated rings. The molecule has 3 heterocycles. The van der Waals surface area contributed by atoms with Gasteiger partial charge in [0.05, 0.1) is 24.9 Å². The number of aromatic nitrogens is 3. The van der Waals surface area contributed by atoms with Crippen LogP contribution in [0.2, 0.25) is 0 Å². The number of aliphatic hydroxyl groups excluding tert-OH is 1. The molecule has 29 heavy (non-hydrogen) atoms. The number of nitrogens with one attached hydrogen (secondary N) is 1. The van der Waals surface area contributed by atoms with E-state index in [1.54, 1.807) is 24.8 Å². The highest BCUT2D eigenvalue weighted by molar-refractivity contribution is 5.78. The van der Waals surface area contributed by atoms with Crippen LogP contribution < -0.4 is 5.32 Å². The van der Waals surface area contributed by atoms with Crippen molar-refractivity contribution in [2.24, 2.45) is 11.8 Å². The third-order valence-corrected chi connectivity index (χ3v) is 5.97. The molecule has 0 spiro atoms. The van der Waals surface area contributed by atoms with Crippen LogP contribution in [0.4, 0.5) is 5.82 Å². The first kappa shape index (κ1) is 19.7. The van der Waals surface area contributed by atoms with Gasteiger partial charge in [0.2, 0.25) is 5.91 Å². The van der Waals surface area contributed by atoms with Crippen LogP contribution in [0.15, 0.2) is 43.1 Å². The molecular formula is C21H28N6O2. The largest absolute Gasteiger partial charge is 0.391 e. The van der Waals surface area contributed by atoms with Crippen LogP contribution >= 0.6 is 0 Å². The number of carbonyl (C=O) groups excluding carboxylic acids is 1. The van der Waals surface area contributed by atoms with E-state index in [1.165, 1.54) is 0 Å². The first-order valence-corrected chi connectivity index (χ1v) is 10.1. The molecule has 0 unspecified atom stereocenters. The highest BCUT2D eigenvalue weighted by Gasteiger charge is 2.43. The van der Waals surface area contributed by atoms with Crippen LogP contribution in [0, 0.1) is 11.8 Å². The topological polar surface area (TPSA) is 94.5 Å². The summed E-state index contributed by atoms with van der Waals surface area (Å²) < 4.78 is 0. The molecule has 154 valence electrons. The minimum Gasteiger partial charge on any atom is -0.391 e. The van der Waals surface area contributed by atoms with Crippen molar-refractivity contribution in [1.29, 1.82) is 0 Å². The monoisotopic (exact) mass is 396 g/mol. The van der Waals surface area contributed by atoms with E-state index in [1.807, 2.05) is 35.2 Å². The normalized spacial score (nSPS) is 26.4. The number of fused-ring (bicyclic) bond motifs is 1. The molecule has 0 aromatic carbocycles. The zero-order chi connectivity index (χ0) is 20.2. The minimum absolute atomic E-state index is 0.0590. The molecule has 1 aliphatic carbocycles. The number of amides is 1. The zero-order valence-corrected chi connectivity index (χ0v) is 16.7. The van der Waals surface area contributed by atoms with E-state index in [-0.39, 0.29) is 11.9 Å². The predicted octanol–water partition coefficient (Wildman–Crippen LogP) is 1.01. The van der Waals surface area contributed by atoms with Crippen molar-refractivity contribution in [3.8, 4) is 0 Å². The summed E-state index contributed by atoms with van der Waals surface area (Å²) in [5, 5.41) is 13.9. The SMILES string of the molecule is CN(CC(=O)N1C[C@H]2C[C@@H](Nc3cnccn3)[C@H](O)C[C@H]2C1)Cc1cccnc1. The Morgan fingerprint density at radius 1 is 1.21 bits per heavy atom. The van der Waals surface area contributed by atoms with Crippen LogP contribution in [0.5, 0.6) is 0 Å². The standard InChI is InChI=1S/C21H28N6O2/c1-26(11-15-3-2-4-22-9-15)14-21(29)27-12-16-7-18(19(28)8-17(16)13-27)25-20-10-23-5-6-24-20/h2-6,9-10,16-19,28H,7-8,11-14H2,1H3,(H,24,25)/t16-,17+,18-,19-/m1/s1. The first-order chi connectivity index (χ1) is 14.1. The predicted molar refractivity (Wildman–Crippen MR) is 109 cm³/mol. The van der Waals surface area contributed by atoms with Gasteiger partial charge >= 0.3 is 0 Å². The van der Waals surface area contributed by atoms with Crippen molar-refractivity contribution in [3.05, 3.63) is 48.7 Å². The molecule has 8 heteroatoms. The second-order valence-corrected chi connectivity index (χ2v) is 8.23. The van der Waals surface area contributed by atoms with Crippen LogP contribution in [-0.4, -0.2) is 74.6 Å². The summed E-state index contributed by atoms with van der Waals surface area (Å²) in [6.07, 6.45) is 9.61. The average molecular weight is 396 g/mol. The molecule has 4 rings (SSSR count). The Labute approximate surface area is 171 Å². The molecule has 2 N–H and O–H groups in total. The molecular weight excluding hydrogens is 368 g/mol. The van der Waals surface area contributed by atoms with Gasteiger partial charge in [-0.2, -0.15) is 0 Å². The van der Waals surface area contributed by atoms with E-state index in [9.17, 15) is 9.90 Å². The number of rotatable bonds is 6. The van der Waals surface area contributed by atoms with Crippen molar-refractivity contribution >= 4 is 11.7 Å². The maximum Gasteiger partial charge on any atom is 0.236 e. The number of nitrogens with zero attached hydrogens (tertiary/aromatic N) is 5. The van der Waals surface area contributed by atoms with Gasteiger partial charge in [-0.3, -0.25) is 19.7 Å². The molecule has 0 radical (unpaired) electrons. The maximum absolute atomic E-state index is 12.8. The Morgan fingerprint density at radius 3 is 2.72 bits per heavy atom. The highest BCUT2D eigenvalue weighted by atomic mass is 16.3. The van der Waals surface area contributed by atoms with Gasteiger partial charge in [-0.05, 0) is 43.4 Å². The summed E-state index contributed by atoms with van der Waals surface area (Å²) in [6.45, 7) is 2.58. The maximum atomic E-state index is 12.8. The van der Waals surface area contributed by atoms with E-state index in [0.29, 0.717) is 37.2 Å². The smallest absolute Gasteiger partial charge is 0.236 e. The molecule has 0 bridgehead atoms. The van der Waals surface area contributed by atoms with Crippen molar-refractivity contribution in [2.75, 3.05) is 32.0 Å². The van der Waals surface area contributed by atoms with Gasteiger partial charge in [-0.15, -0.1) is 0 Å². The summed E-state index contributed by atoms with van der Waals surface area (Å²) >= 11 is 0. The van der Waals surface area contributed by atoms with Gasteiger partial charge in [0.25, 0.3) is 0 Å².